The van der Waals surface area contributed by atoms with Crippen molar-refractivity contribution < 1.29 is 23.9 Å². The number of fused-ring (bicyclic) bond motifs is 1. The standard InChI is InChI=1S/C21H19FN2O4/c22-14-5-7-15(8-6-14)24-10-9-17(20(24)26)19(25)23-11-13-3-1-2-4-16(13)18(12-23)21(27)28/h1-8,17-18H,9-12H2,(H,27,28). The number of carboxylic acid groups (broad SMARTS) is 1. The van der Waals surface area contributed by atoms with Crippen LogP contribution in [-0.2, 0) is 20.9 Å². The van der Waals surface area contributed by atoms with Crippen LogP contribution in [0.1, 0.15) is 23.5 Å². The average molecular weight is 382 g/mol. The Labute approximate surface area is 161 Å². The minimum atomic E-state index is -0.990. The molecule has 4 rings (SSSR count). The summed E-state index contributed by atoms with van der Waals surface area (Å²) in [5.41, 5.74) is 2.05. The molecule has 2 atom stereocenters. The van der Waals surface area contributed by atoms with Crippen molar-refractivity contribution in [1.82, 2.24) is 4.90 Å². The van der Waals surface area contributed by atoms with E-state index in [1.54, 1.807) is 12.1 Å². The summed E-state index contributed by atoms with van der Waals surface area (Å²) in [6, 6.07) is 12.7. The molecule has 0 saturated carbocycles. The van der Waals surface area contributed by atoms with E-state index in [0.717, 1.165) is 5.56 Å². The first-order valence-electron chi connectivity index (χ1n) is 9.12. The first-order valence-corrected chi connectivity index (χ1v) is 9.12. The molecule has 0 bridgehead atoms. The fourth-order valence-electron chi connectivity index (χ4n) is 3.99. The smallest absolute Gasteiger partial charge is 0.312 e. The summed E-state index contributed by atoms with van der Waals surface area (Å²) in [6.45, 7) is 0.707. The lowest BCUT2D eigenvalue weighted by Gasteiger charge is -2.34. The molecule has 144 valence electrons. The normalized spacial score (nSPS) is 21.5. The molecular formula is C21H19FN2O4. The Morgan fingerprint density at radius 3 is 2.46 bits per heavy atom. The summed E-state index contributed by atoms with van der Waals surface area (Å²) in [5, 5.41) is 9.57. The van der Waals surface area contributed by atoms with E-state index in [1.807, 2.05) is 12.1 Å². The molecule has 0 radical (unpaired) electrons. The lowest BCUT2D eigenvalue weighted by Crippen LogP contribution is -2.45. The minimum absolute atomic E-state index is 0.0471. The number of carbonyl (C=O) groups excluding carboxylic acids is 2. The number of aliphatic carboxylic acids is 1. The van der Waals surface area contributed by atoms with Crippen LogP contribution in [0.4, 0.5) is 10.1 Å². The minimum Gasteiger partial charge on any atom is -0.481 e. The zero-order valence-electron chi connectivity index (χ0n) is 15.0. The molecule has 0 spiro atoms. The van der Waals surface area contributed by atoms with Gasteiger partial charge in [0.25, 0.3) is 0 Å². The SMILES string of the molecule is O=C(O)C1CN(C(=O)C2CCN(c3ccc(F)cc3)C2=O)Cc2ccccc21. The van der Waals surface area contributed by atoms with Crippen LogP contribution < -0.4 is 4.90 Å². The molecule has 1 N–H and O–H groups in total. The first-order chi connectivity index (χ1) is 13.5. The van der Waals surface area contributed by atoms with E-state index in [-0.39, 0.29) is 18.4 Å². The zero-order valence-corrected chi connectivity index (χ0v) is 15.0. The van der Waals surface area contributed by atoms with E-state index >= 15 is 0 Å². The van der Waals surface area contributed by atoms with Gasteiger partial charge in [-0.1, -0.05) is 24.3 Å². The van der Waals surface area contributed by atoms with Crippen molar-refractivity contribution in [2.24, 2.45) is 5.92 Å². The lowest BCUT2D eigenvalue weighted by molar-refractivity contribution is -0.143. The third kappa shape index (κ3) is 3.13. The van der Waals surface area contributed by atoms with E-state index in [4.69, 9.17) is 0 Å². The summed E-state index contributed by atoms with van der Waals surface area (Å²) in [7, 11) is 0. The van der Waals surface area contributed by atoms with Crippen LogP contribution in [0.15, 0.2) is 48.5 Å². The highest BCUT2D eigenvalue weighted by atomic mass is 19.1. The predicted octanol–water partition coefficient (Wildman–Crippen LogP) is 2.39. The number of anilines is 1. The zero-order chi connectivity index (χ0) is 19.8. The Morgan fingerprint density at radius 1 is 1.04 bits per heavy atom. The Hall–Kier alpha value is -3.22. The van der Waals surface area contributed by atoms with Crippen molar-refractivity contribution in [3.8, 4) is 0 Å². The maximum atomic E-state index is 13.1. The van der Waals surface area contributed by atoms with Crippen LogP contribution in [0, 0.1) is 11.7 Å². The number of hydrogen-bond donors (Lipinski definition) is 1. The third-order valence-corrected chi connectivity index (χ3v) is 5.45. The van der Waals surface area contributed by atoms with E-state index < -0.39 is 23.6 Å². The van der Waals surface area contributed by atoms with E-state index in [2.05, 4.69) is 0 Å². The second kappa shape index (κ2) is 7.07. The van der Waals surface area contributed by atoms with E-state index in [1.165, 1.54) is 34.1 Å². The number of halogens is 1. The van der Waals surface area contributed by atoms with Crippen molar-refractivity contribution >= 4 is 23.5 Å². The second-order valence-electron chi connectivity index (χ2n) is 7.12. The van der Waals surface area contributed by atoms with Gasteiger partial charge >= 0.3 is 5.97 Å². The average Bonchev–Trinajstić information content (AvgIpc) is 3.08. The Bertz CT molecular complexity index is 944. The maximum absolute atomic E-state index is 13.1. The van der Waals surface area contributed by atoms with Crippen molar-refractivity contribution in [3.63, 3.8) is 0 Å². The number of hydrogen-bond acceptors (Lipinski definition) is 3. The molecular weight excluding hydrogens is 363 g/mol. The molecule has 1 saturated heterocycles. The van der Waals surface area contributed by atoms with Crippen LogP contribution in [0.3, 0.4) is 0 Å². The highest BCUT2D eigenvalue weighted by molar-refractivity contribution is 6.09. The summed E-state index contributed by atoms with van der Waals surface area (Å²) >= 11 is 0. The quantitative estimate of drug-likeness (QED) is 0.827. The highest BCUT2D eigenvalue weighted by Gasteiger charge is 2.42. The molecule has 6 nitrogen and oxygen atoms in total. The maximum Gasteiger partial charge on any atom is 0.312 e. The van der Waals surface area contributed by atoms with Crippen LogP contribution in [0.25, 0.3) is 0 Å². The van der Waals surface area contributed by atoms with Gasteiger partial charge in [0.1, 0.15) is 11.7 Å². The lowest BCUT2D eigenvalue weighted by atomic mass is 9.89. The van der Waals surface area contributed by atoms with E-state index in [0.29, 0.717) is 30.8 Å². The molecule has 2 aromatic carbocycles. The van der Waals surface area contributed by atoms with Gasteiger partial charge in [-0.3, -0.25) is 14.4 Å². The van der Waals surface area contributed by atoms with Gasteiger partial charge in [0.2, 0.25) is 11.8 Å². The van der Waals surface area contributed by atoms with Crippen LogP contribution in [-0.4, -0.2) is 40.9 Å². The van der Waals surface area contributed by atoms with Crippen LogP contribution in [0.2, 0.25) is 0 Å². The van der Waals surface area contributed by atoms with Crippen molar-refractivity contribution in [2.75, 3.05) is 18.0 Å². The number of carbonyl (C=O) groups is 3. The van der Waals surface area contributed by atoms with Gasteiger partial charge in [-0.25, -0.2) is 4.39 Å². The molecule has 2 aromatic rings. The number of nitrogens with zero attached hydrogens (tertiary/aromatic N) is 2. The Morgan fingerprint density at radius 2 is 1.75 bits per heavy atom. The molecule has 2 heterocycles. The Balaban J connectivity index is 1.54. The van der Waals surface area contributed by atoms with E-state index in [9.17, 15) is 23.9 Å². The van der Waals surface area contributed by atoms with Gasteiger partial charge in [0.15, 0.2) is 0 Å². The third-order valence-electron chi connectivity index (χ3n) is 5.45. The first kappa shape index (κ1) is 18.2. The summed E-state index contributed by atoms with van der Waals surface area (Å²) in [6.07, 6.45) is 0.352. The van der Waals surface area contributed by atoms with Gasteiger partial charge in [0.05, 0.1) is 5.92 Å². The van der Waals surface area contributed by atoms with Crippen molar-refractivity contribution in [3.05, 3.63) is 65.5 Å². The fraction of sp³-hybridized carbons (Fsp3) is 0.286. The molecule has 2 amide bonds. The number of carboxylic acids is 1. The van der Waals surface area contributed by atoms with Crippen molar-refractivity contribution in [1.29, 1.82) is 0 Å². The largest absolute Gasteiger partial charge is 0.481 e. The number of benzene rings is 2. The van der Waals surface area contributed by atoms with Gasteiger partial charge in [-0.15, -0.1) is 0 Å². The summed E-state index contributed by atoms with van der Waals surface area (Å²) in [4.78, 5) is 40.5. The summed E-state index contributed by atoms with van der Waals surface area (Å²) in [5.74, 6) is -3.72. The number of amides is 2. The topological polar surface area (TPSA) is 77.9 Å². The molecule has 2 unspecified atom stereocenters. The molecule has 0 aliphatic carbocycles. The van der Waals surface area contributed by atoms with Gasteiger partial charge in [-0.2, -0.15) is 0 Å². The Kier molecular flexibility index (Phi) is 4.58. The molecule has 2 aliphatic heterocycles. The fourth-order valence-corrected chi connectivity index (χ4v) is 3.99. The molecule has 0 aromatic heterocycles. The van der Waals surface area contributed by atoms with Crippen LogP contribution >= 0.6 is 0 Å². The highest BCUT2D eigenvalue weighted by Crippen LogP contribution is 2.32. The molecule has 1 fully saturated rings. The second-order valence-corrected chi connectivity index (χ2v) is 7.12. The molecule has 28 heavy (non-hydrogen) atoms. The molecule has 2 aliphatic rings. The van der Waals surface area contributed by atoms with Gasteiger partial charge in [-0.05, 0) is 41.8 Å². The van der Waals surface area contributed by atoms with Gasteiger partial charge in [0, 0.05) is 25.3 Å². The van der Waals surface area contributed by atoms with Gasteiger partial charge < -0.3 is 14.9 Å². The van der Waals surface area contributed by atoms with Crippen LogP contribution in [0.5, 0.6) is 0 Å². The molecule has 7 heteroatoms. The monoisotopic (exact) mass is 382 g/mol. The number of rotatable bonds is 3. The predicted molar refractivity (Wildman–Crippen MR) is 99.1 cm³/mol. The van der Waals surface area contributed by atoms with Crippen molar-refractivity contribution in [2.45, 2.75) is 18.9 Å². The summed E-state index contributed by atoms with van der Waals surface area (Å²) < 4.78 is 13.1.